The molecule has 1 saturated carbocycles. The molecule has 0 radical (unpaired) electrons. The Bertz CT molecular complexity index is 1110. The van der Waals surface area contributed by atoms with Crippen molar-refractivity contribution in [1.29, 1.82) is 0 Å². The molecule has 9 heteroatoms. The van der Waals surface area contributed by atoms with Crippen LogP contribution >= 0.6 is 0 Å². The average Bonchev–Trinajstić information content (AvgIpc) is 2.98. The van der Waals surface area contributed by atoms with Gasteiger partial charge in [0.2, 0.25) is 12.0 Å². The van der Waals surface area contributed by atoms with Crippen LogP contribution in [0.15, 0.2) is 48.5 Å². The third kappa shape index (κ3) is 7.29. The Labute approximate surface area is 229 Å². The molecule has 4 rings (SSSR count). The molecule has 2 aromatic carbocycles. The van der Waals surface area contributed by atoms with E-state index in [4.69, 9.17) is 18.9 Å². The third-order valence-corrected chi connectivity index (χ3v) is 7.12. The topological polar surface area (TPSA) is 103 Å². The highest BCUT2D eigenvalue weighted by Crippen LogP contribution is 2.33. The Balaban J connectivity index is 1.64. The van der Waals surface area contributed by atoms with Crippen LogP contribution in [0.5, 0.6) is 11.5 Å². The van der Waals surface area contributed by atoms with Gasteiger partial charge in [0.05, 0.1) is 12.7 Å². The molecule has 210 valence electrons. The number of amides is 2. The zero-order chi connectivity index (χ0) is 27.6. The molecule has 0 saturated heterocycles. The molecule has 1 heterocycles. The van der Waals surface area contributed by atoms with Crippen molar-refractivity contribution in [3.8, 4) is 11.5 Å². The van der Waals surface area contributed by atoms with Crippen molar-refractivity contribution >= 4 is 17.8 Å². The van der Waals surface area contributed by atoms with E-state index in [1.807, 2.05) is 19.1 Å². The molecule has 9 nitrogen and oxygen atoms in total. The number of nitrogens with one attached hydrogen (secondary N) is 1. The molecule has 2 amide bonds. The van der Waals surface area contributed by atoms with Crippen molar-refractivity contribution in [2.45, 2.75) is 63.6 Å². The van der Waals surface area contributed by atoms with Gasteiger partial charge in [-0.25, -0.2) is 4.79 Å². The van der Waals surface area contributed by atoms with Crippen molar-refractivity contribution in [3.05, 3.63) is 59.7 Å². The molecule has 2 aliphatic rings. The van der Waals surface area contributed by atoms with Gasteiger partial charge >= 0.3 is 5.97 Å². The molecule has 1 N–H and O–H groups in total. The first kappa shape index (κ1) is 28.4. The number of esters is 1. The van der Waals surface area contributed by atoms with Gasteiger partial charge in [-0.15, -0.1) is 0 Å². The predicted octanol–water partition coefficient (Wildman–Crippen LogP) is 4.06. The summed E-state index contributed by atoms with van der Waals surface area (Å²) in [6.45, 7) is 3.24. The lowest BCUT2D eigenvalue weighted by atomic mass is 9.94. The van der Waals surface area contributed by atoms with Gasteiger partial charge in [-0.3, -0.25) is 9.59 Å². The number of methoxy groups -OCH3 is 1. The van der Waals surface area contributed by atoms with E-state index in [1.54, 1.807) is 41.3 Å². The Morgan fingerprint density at radius 2 is 1.74 bits per heavy atom. The number of fused-ring (bicyclic) bond motifs is 1. The zero-order valence-corrected chi connectivity index (χ0v) is 22.7. The fraction of sp³-hybridized carbons (Fsp3) is 0.500. The molecule has 1 fully saturated rings. The second kappa shape index (κ2) is 14.0. The van der Waals surface area contributed by atoms with Gasteiger partial charge < -0.3 is 29.2 Å². The number of para-hydroxylation sites is 2. The molecular weight excluding hydrogens is 500 g/mol. The molecule has 0 unspecified atom stereocenters. The van der Waals surface area contributed by atoms with Crippen molar-refractivity contribution in [3.63, 3.8) is 0 Å². The van der Waals surface area contributed by atoms with Crippen LogP contribution in [0.3, 0.4) is 0 Å². The highest BCUT2D eigenvalue weighted by atomic mass is 16.6. The molecule has 1 aliphatic heterocycles. The molecule has 39 heavy (non-hydrogen) atoms. The van der Waals surface area contributed by atoms with E-state index in [0.29, 0.717) is 42.3 Å². The van der Waals surface area contributed by atoms with Crippen molar-refractivity contribution in [1.82, 2.24) is 10.2 Å². The molecule has 0 spiro atoms. The van der Waals surface area contributed by atoms with Crippen LogP contribution in [0.1, 0.15) is 67.4 Å². The van der Waals surface area contributed by atoms with Gasteiger partial charge in [0.25, 0.3) is 5.91 Å². The van der Waals surface area contributed by atoms with Gasteiger partial charge in [-0.2, -0.15) is 0 Å². The number of hydrogen-bond acceptors (Lipinski definition) is 7. The number of nitrogens with zero attached hydrogens (tertiary/aromatic N) is 1. The van der Waals surface area contributed by atoms with Gasteiger partial charge in [0.15, 0.2) is 11.5 Å². The first-order valence-corrected chi connectivity index (χ1v) is 13.8. The standard InChI is InChI=1S/C30H38N2O7/c1-3-37-19-9-18-32(29(34)26-20-38-24-12-7-8-13-25(24)39-26)27(28(33)31-23-10-5-4-6-11-23)21-14-16-22(17-15-21)30(35)36-2/h7-8,12-17,23,26-27H,3-6,9-11,18-20H2,1-2H3,(H,31,33)/t26-,27-/m0/s1. The van der Waals surface area contributed by atoms with Gasteiger partial charge in [-0.05, 0) is 56.0 Å². The largest absolute Gasteiger partial charge is 0.485 e. The van der Waals surface area contributed by atoms with Crippen molar-refractivity contribution in [2.24, 2.45) is 0 Å². The van der Waals surface area contributed by atoms with Crippen molar-refractivity contribution < 1.29 is 33.3 Å². The number of rotatable bonds is 11. The van der Waals surface area contributed by atoms with Crippen LogP contribution < -0.4 is 14.8 Å². The van der Waals surface area contributed by atoms with Crippen LogP contribution in [0, 0.1) is 0 Å². The van der Waals surface area contributed by atoms with Gasteiger partial charge in [0.1, 0.15) is 12.6 Å². The molecule has 1 aliphatic carbocycles. The van der Waals surface area contributed by atoms with E-state index in [-0.39, 0.29) is 31.0 Å². The first-order valence-electron chi connectivity index (χ1n) is 13.8. The smallest absolute Gasteiger partial charge is 0.337 e. The number of carbonyl (C=O) groups is 3. The summed E-state index contributed by atoms with van der Waals surface area (Å²) in [6, 6.07) is 13.0. The molecular formula is C30H38N2O7. The highest BCUT2D eigenvalue weighted by molar-refractivity contribution is 5.92. The minimum absolute atomic E-state index is 0.0377. The van der Waals surface area contributed by atoms with Gasteiger partial charge in [-0.1, -0.05) is 43.5 Å². The number of benzene rings is 2. The SMILES string of the molecule is CCOCCCN(C(=O)[C@@H]1COc2ccccc2O1)[C@H](C(=O)NC1CCCCC1)c1ccc(C(=O)OC)cc1. The highest BCUT2D eigenvalue weighted by Gasteiger charge is 2.38. The summed E-state index contributed by atoms with van der Waals surface area (Å²) in [6.07, 6.45) is 4.74. The number of carbonyl (C=O) groups excluding carboxylic acids is 3. The minimum atomic E-state index is -0.923. The van der Waals surface area contributed by atoms with Crippen LogP contribution in [0.25, 0.3) is 0 Å². The molecule has 2 atom stereocenters. The Morgan fingerprint density at radius 3 is 2.44 bits per heavy atom. The third-order valence-electron chi connectivity index (χ3n) is 7.12. The lowest BCUT2D eigenvalue weighted by Gasteiger charge is -2.36. The lowest BCUT2D eigenvalue weighted by Crippen LogP contribution is -2.52. The summed E-state index contributed by atoms with van der Waals surface area (Å²) in [5.74, 6) is -0.00582. The Morgan fingerprint density at radius 1 is 1.03 bits per heavy atom. The quantitative estimate of drug-likeness (QED) is 0.340. The van der Waals surface area contributed by atoms with E-state index in [9.17, 15) is 14.4 Å². The number of hydrogen-bond donors (Lipinski definition) is 1. The lowest BCUT2D eigenvalue weighted by molar-refractivity contribution is -0.149. The molecule has 2 aromatic rings. The Kier molecular flexibility index (Phi) is 10.2. The van der Waals surface area contributed by atoms with Crippen LogP contribution in [0.2, 0.25) is 0 Å². The summed E-state index contributed by atoms with van der Waals surface area (Å²) in [5, 5.41) is 3.19. The summed E-state index contributed by atoms with van der Waals surface area (Å²) in [4.78, 5) is 41.5. The van der Waals surface area contributed by atoms with E-state index in [2.05, 4.69) is 5.32 Å². The maximum Gasteiger partial charge on any atom is 0.337 e. The van der Waals surface area contributed by atoms with Crippen LogP contribution in [-0.2, 0) is 19.1 Å². The second-order valence-corrected chi connectivity index (χ2v) is 9.81. The van der Waals surface area contributed by atoms with E-state index < -0.39 is 18.1 Å². The fourth-order valence-corrected chi connectivity index (χ4v) is 5.09. The molecule has 0 aromatic heterocycles. The normalized spacial score (nSPS) is 17.6. The summed E-state index contributed by atoms with van der Waals surface area (Å²) in [5.41, 5.74) is 0.959. The fourth-order valence-electron chi connectivity index (χ4n) is 5.09. The van der Waals surface area contributed by atoms with E-state index in [1.165, 1.54) is 7.11 Å². The van der Waals surface area contributed by atoms with Crippen molar-refractivity contribution in [2.75, 3.05) is 33.5 Å². The number of ether oxygens (including phenoxy) is 4. The van der Waals surface area contributed by atoms with E-state index in [0.717, 1.165) is 32.1 Å². The van der Waals surface area contributed by atoms with Gasteiger partial charge in [0, 0.05) is 25.8 Å². The average molecular weight is 539 g/mol. The first-order chi connectivity index (χ1) is 19.0. The maximum atomic E-state index is 14.0. The van der Waals surface area contributed by atoms with E-state index >= 15 is 0 Å². The summed E-state index contributed by atoms with van der Waals surface area (Å²) < 4.78 is 22.2. The Hall–Kier alpha value is -3.59. The summed E-state index contributed by atoms with van der Waals surface area (Å²) >= 11 is 0. The minimum Gasteiger partial charge on any atom is -0.485 e. The zero-order valence-electron chi connectivity index (χ0n) is 22.7. The molecule has 0 bridgehead atoms. The monoisotopic (exact) mass is 538 g/mol. The second-order valence-electron chi connectivity index (χ2n) is 9.81. The summed E-state index contributed by atoms with van der Waals surface area (Å²) in [7, 11) is 1.32. The van der Waals surface area contributed by atoms with Crippen LogP contribution in [-0.4, -0.2) is 68.3 Å². The predicted molar refractivity (Wildman–Crippen MR) is 145 cm³/mol. The maximum absolute atomic E-state index is 14.0. The van der Waals surface area contributed by atoms with Crippen LogP contribution in [0.4, 0.5) is 0 Å².